The lowest BCUT2D eigenvalue weighted by molar-refractivity contribution is -0.117. The van der Waals surface area contributed by atoms with Gasteiger partial charge in [0.15, 0.2) is 0 Å². The maximum atomic E-state index is 12.0. The maximum Gasteiger partial charge on any atom is 0.231 e. The Bertz CT molecular complexity index is 465. The van der Waals surface area contributed by atoms with Gasteiger partial charge < -0.3 is 15.3 Å². The van der Waals surface area contributed by atoms with Gasteiger partial charge in [0.1, 0.15) is 0 Å². The van der Waals surface area contributed by atoms with E-state index in [0.717, 1.165) is 24.2 Å². The molecule has 0 fully saturated rings. The maximum absolute atomic E-state index is 12.0. The molecule has 104 valence electrons. The van der Waals surface area contributed by atoms with Crippen molar-refractivity contribution < 1.29 is 9.90 Å². The zero-order valence-electron chi connectivity index (χ0n) is 11.0. The third-order valence-corrected chi connectivity index (χ3v) is 3.42. The Balaban J connectivity index is 2.01. The number of halogens is 1. The van der Waals surface area contributed by atoms with E-state index in [4.69, 9.17) is 11.6 Å². The molecule has 0 bridgehead atoms. The van der Waals surface area contributed by atoms with Crippen LogP contribution in [0.15, 0.2) is 18.2 Å². The van der Waals surface area contributed by atoms with Crippen molar-refractivity contribution in [2.75, 3.05) is 24.5 Å². The standard InChI is InChI=1S/C14H19ClN2O2/c1-2-5-16-8-12(18)9-17-13-7-11(15)4-3-10(13)6-14(17)19/h3-4,7,12,16,18H,2,5-6,8-9H2,1H3. The Morgan fingerprint density at radius 3 is 3.05 bits per heavy atom. The smallest absolute Gasteiger partial charge is 0.231 e. The minimum atomic E-state index is -0.569. The summed E-state index contributed by atoms with van der Waals surface area (Å²) in [5.41, 5.74) is 1.80. The first kappa shape index (κ1) is 14.3. The molecule has 0 aromatic heterocycles. The zero-order chi connectivity index (χ0) is 13.8. The van der Waals surface area contributed by atoms with Gasteiger partial charge in [-0.05, 0) is 30.7 Å². The number of β-amino-alcohol motifs (C(OH)–C–C–N with tert-alkyl or cyclic N) is 1. The Labute approximate surface area is 118 Å². The first-order valence-corrected chi connectivity index (χ1v) is 6.97. The van der Waals surface area contributed by atoms with E-state index in [1.54, 1.807) is 17.0 Å². The monoisotopic (exact) mass is 282 g/mol. The van der Waals surface area contributed by atoms with Crippen LogP contribution >= 0.6 is 11.6 Å². The number of benzene rings is 1. The summed E-state index contributed by atoms with van der Waals surface area (Å²) in [7, 11) is 0. The van der Waals surface area contributed by atoms with Crippen molar-refractivity contribution in [2.24, 2.45) is 0 Å². The third kappa shape index (κ3) is 3.47. The van der Waals surface area contributed by atoms with Crippen LogP contribution in [0.5, 0.6) is 0 Å². The van der Waals surface area contributed by atoms with E-state index in [9.17, 15) is 9.90 Å². The van der Waals surface area contributed by atoms with Gasteiger partial charge in [0, 0.05) is 17.3 Å². The second-order valence-corrected chi connectivity index (χ2v) is 5.25. The van der Waals surface area contributed by atoms with Crippen LogP contribution in [0.3, 0.4) is 0 Å². The molecule has 1 atom stereocenters. The molecule has 1 aliphatic heterocycles. The number of fused-ring (bicyclic) bond motifs is 1. The number of hydrogen-bond donors (Lipinski definition) is 2. The van der Waals surface area contributed by atoms with Gasteiger partial charge in [-0.25, -0.2) is 0 Å². The summed E-state index contributed by atoms with van der Waals surface area (Å²) >= 11 is 5.96. The predicted molar refractivity (Wildman–Crippen MR) is 76.7 cm³/mol. The molecule has 1 aromatic carbocycles. The highest BCUT2D eigenvalue weighted by Gasteiger charge is 2.28. The minimum Gasteiger partial charge on any atom is -0.390 e. The first-order valence-electron chi connectivity index (χ1n) is 6.59. The Kier molecular flexibility index (Phi) is 4.80. The highest BCUT2D eigenvalue weighted by Crippen LogP contribution is 2.31. The summed E-state index contributed by atoms with van der Waals surface area (Å²) in [6, 6.07) is 5.45. The number of aliphatic hydroxyl groups is 1. The molecule has 1 amide bonds. The highest BCUT2D eigenvalue weighted by atomic mass is 35.5. The van der Waals surface area contributed by atoms with E-state index < -0.39 is 6.10 Å². The molecule has 4 nitrogen and oxygen atoms in total. The van der Waals surface area contributed by atoms with Crippen molar-refractivity contribution in [3.8, 4) is 0 Å². The topological polar surface area (TPSA) is 52.6 Å². The van der Waals surface area contributed by atoms with Crippen LogP contribution in [0.2, 0.25) is 5.02 Å². The van der Waals surface area contributed by atoms with Gasteiger partial charge in [-0.2, -0.15) is 0 Å². The van der Waals surface area contributed by atoms with E-state index in [2.05, 4.69) is 12.2 Å². The SMILES string of the molecule is CCCNCC(O)CN1C(=O)Cc2ccc(Cl)cc21. The second-order valence-electron chi connectivity index (χ2n) is 4.81. The number of nitrogens with zero attached hydrogens (tertiary/aromatic N) is 1. The summed E-state index contributed by atoms with van der Waals surface area (Å²) in [5, 5.41) is 13.7. The molecular weight excluding hydrogens is 264 g/mol. The fraction of sp³-hybridized carbons (Fsp3) is 0.500. The predicted octanol–water partition coefficient (Wildman–Crippen LogP) is 1.59. The van der Waals surface area contributed by atoms with Crippen LogP contribution in [0.4, 0.5) is 5.69 Å². The van der Waals surface area contributed by atoms with Gasteiger partial charge in [0.2, 0.25) is 5.91 Å². The zero-order valence-corrected chi connectivity index (χ0v) is 11.8. The van der Waals surface area contributed by atoms with Crippen LogP contribution in [0.25, 0.3) is 0 Å². The number of rotatable bonds is 6. The molecule has 1 unspecified atom stereocenters. The largest absolute Gasteiger partial charge is 0.390 e. The van der Waals surface area contributed by atoms with Gasteiger partial charge in [-0.3, -0.25) is 4.79 Å². The molecule has 0 radical (unpaired) electrons. The van der Waals surface area contributed by atoms with E-state index in [1.165, 1.54) is 0 Å². The van der Waals surface area contributed by atoms with Crippen molar-refractivity contribution in [2.45, 2.75) is 25.9 Å². The van der Waals surface area contributed by atoms with Crippen molar-refractivity contribution in [3.63, 3.8) is 0 Å². The molecule has 0 aliphatic carbocycles. The average molecular weight is 283 g/mol. The van der Waals surface area contributed by atoms with Gasteiger partial charge in [0.05, 0.1) is 19.1 Å². The molecule has 5 heteroatoms. The van der Waals surface area contributed by atoms with E-state index in [0.29, 0.717) is 24.5 Å². The molecule has 2 N–H and O–H groups in total. The Hall–Kier alpha value is -1.10. The third-order valence-electron chi connectivity index (χ3n) is 3.18. The molecule has 19 heavy (non-hydrogen) atoms. The fourth-order valence-electron chi connectivity index (χ4n) is 2.25. The fourth-order valence-corrected chi connectivity index (χ4v) is 2.42. The number of nitrogens with one attached hydrogen (secondary N) is 1. The quantitative estimate of drug-likeness (QED) is 0.779. The highest BCUT2D eigenvalue weighted by molar-refractivity contribution is 6.31. The summed E-state index contributed by atoms with van der Waals surface area (Å²) in [5.74, 6) is 0.0202. The normalized spacial score (nSPS) is 15.7. The van der Waals surface area contributed by atoms with Crippen LogP contribution in [0, 0.1) is 0 Å². The molecule has 0 saturated carbocycles. The number of hydrogen-bond acceptors (Lipinski definition) is 3. The lowest BCUT2D eigenvalue weighted by atomic mass is 10.2. The Morgan fingerprint density at radius 2 is 2.32 bits per heavy atom. The average Bonchev–Trinajstić information content (AvgIpc) is 2.66. The summed E-state index contributed by atoms with van der Waals surface area (Å²) < 4.78 is 0. The molecule has 1 aliphatic rings. The molecule has 1 aromatic rings. The van der Waals surface area contributed by atoms with Crippen LogP contribution in [-0.2, 0) is 11.2 Å². The van der Waals surface area contributed by atoms with Crippen molar-refractivity contribution in [1.82, 2.24) is 5.32 Å². The summed E-state index contributed by atoms with van der Waals surface area (Å²) in [6.07, 6.45) is 0.843. The first-order chi connectivity index (χ1) is 9.11. The molecule has 2 rings (SSSR count). The molecular formula is C14H19ClN2O2. The van der Waals surface area contributed by atoms with Crippen molar-refractivity contribution in [1.29, 1.82) is 0 Å². The van der Waals surface area contributed by atoms with Gasteiger partial charge >= 0.3 is 0 Å². The number of carbonyl (C=O) groups is 1. The van der Waals surface area contributed by atoms with Crippen LogP contribution in [0.1, 0.15) is 18.9 Å². The summed E-state index contributed by atoms with van der Waals surface area (Å²) in [4.78, 5) is 13.6. The number of amides is 1. The lowest BCUT2D eigenvalue weighted by Crippen LogP contribution is -2.40. The van der Waals surface area contributed by atoms with Crippen molar-refractivity contribution in [3.05, 3.63) is 28.8 Å². The van der Waals surface area contributed by atoms with Gasteiger partial charge in [-0.1, -0.05) is 24.6 Å². The number of anilines is 1. The van der Waals surface area contributed by atoms with Crippen LogP contribution < -0.4 is 10.2 Å². The number of aliphatic hydroxyl groups excluding tert-OH is 1. The van der Waals surface area contributed by atoms with Gasteiger partial charge in [-0.15, -0.1) is 0 Å². The van der Waals surface area contributed by atoms with Gasteiger partial charge in [0.25, 0.3) is 0 Å². The van der Waals surface area contributed by atoms with Crippen molar-refractivity contribution >= 4 is 23.2 Å². The van der Waals surface area contributed by atoms with E-state index in [-0.39, 0.29) is 5.91 Å². The Morgan fingerprint density at radius 1 is 1.53 bits per heavy atom. The van der Waals surface area contributed by atoms with E-state index in [1.807, 2.05) is 6.07 Å². The van der Waals surface area contributed by atoms with E-state index >= 15 is 0 Å². The lowest BCUT2D eigenvalue weighted by Gasteiger charge is -2.21. The van der Waals surface area contributed by atoms with Crippen LogP contribution in [-0.4, -0.2) is 36.8 Å². The number of carbonyl (C=O) groups excluding carboxylic acids is 1. The molecule has 1 heterocycles. The molecule has 0 saturated heterocycles. The second kappa shape index (κ2) is 6.37. The summed E-state index contributed by atoms with van der Waals surface area (Å²) in [6.45, 7) is 3.74. The minimum absolute atomic E-state index is 0.0202. The molecule has 0 spiro atoms.